The molecule has 43 heavy (non-hydrogen) atoms. The number of H-pyrrole nitrogens is 1. The third-order valence-corrected chi connectivity index (χ3v) is 7.79. The maximum absolute atomic E-state index is 13.1. The number of hydrogen-bond acceptors (Lipinski definition) is 9. The number of ether oxygens (including phenoxy) is 1. The van der Waals surface area contributed by atoms with Crippen molar-refractivity contribution in [3.05, 3.63) is 78.9 Å². The Hall–Kier alpha value is -5.49. The molecule has 1 fully saturated rings. The molecule has 1 aliphatic rings. The Balaban J connectivity index is 1.24. The predicted octanol–water partition coefficient (Wildman–Crippen LogP) is 3.95. The first-order valence-electron chi connectivity index (χ1n) is 13.9. The zero-order valence-electron chi connectivity index (χ0n) is 23.8. The van der Waals surface area contributed by atoms with Crippen molar-refractivity contribution < 1.29 is 9.53 Å². The maximum atomic E-state index is 13.1. The molecule has 2 aromatic carbocycles. The van der Waals surface area contributed by atoms with E-state index in [0.29, 0.717) is 39.7 Å². The molecule has 0 bridgehead atoms. The van der Waals surface area contributed by atoms with E-state index >= 15 is 0 Å². The molecule has 0 spiro atoms. The minimum absolute atomic E-state index is 0.275. The number of methoxy groups -OCH3 is 1. The summed E-state index contributed by atoms with van der Waals surface area (Å²) in [6, 6.07) is 19.0. The van der Waals surface area contributed by atoms with Gasteiger partial charge in [-0.3, -0.25) is 4.79 Å². The molecule has 0 atom stereocenters. The Morgan fingerprint density at radius 2 is 1.84 bits per heavy atom. The fraction of sp³-hybridized carbons (Fsp3) is 0.194. The zero-order chi connectivity index (χ0) is 29.5. The second-order valence-electron chi connectivity index (χ2n) is 10.5. The maximum Gasteiger partial charge on any atom is 0.272 e. The van der Waals surface area contributed by atoms with Gasteiger partial charge in [-0.1, -0.05) is 24.3 Å². The number of nitrogen functional groups attached to an aromatic ring is 1. The molecule has 5 heterocycles. The molecule has 0 radical (unpaired) electrons. The summed E-state index contributed by atoms with van der Waals surface area (Å²) in [6.45, 7) is 3.75. The monoisotopic (exact) mass is 574 g/mol. The normalized spacial score (nSPS) is 14.0. The Morgan fingerprint density at radius 3 is 2.65 bits per heavy atom. The number of aromatic nitrogens is 6. The van der Waals surface area contributed by atoms with E-state index in [1.54, 1.807) is 24.1 Å². The van der Waals surface area contributed by atoms with Crippen molar-refractivity contribution in [2.24, 2.45) is 0 Å². The van der Waals surface area contributed by atoms with Crippen LogP contribution in [-0.4, -0.2) is 80.9 Å². The van der Waals surface area contributed by atoms with Crippen molar-refractivity contribution in [1.82, 2.24) is 34.6 Å². The summed E-state index contributed by atoms with van der Waals surface area (Å²) in [4.78, 5) is 34.2. The number of anilines is 3. The second kappa shape index (κ2) is 10.7. The van der Waals surface area contributed by atoms with E-state index < -0.39 is 0 Å². The lowest BCUT2D eigenvalue weighted by atomic mass is 10.1. The Labute approximate surface area is 247 Å². The number of nitrogens with two attached hydrogens (primary N) is 1. The minimum atomic E-state index is -0.275. The van der Waals surface area contributed by atoms with Crippen molar-refractivity contribution in [2.75, 3.05) is 56.3 Å². The van der Waals surface area contributed by atoms with E-state index in [2.05, 4.69) is 42.1 Å². The average Bonchev–Trinajstić information content (AvgIpc) is 3.65. The molecule has 7 rings (SSSR count). The summed E-state index contributed by atoms with van der Waals surface area (Å²) in [5.41, 5.74) is 11.0. The van der Waals surface area contributed by atoms with Gasteiger partial charge < -0.3 is 30.6 Å². The number of fused-ring (bicyclic) bond motifs is 2. The van der Waals surface area contributed by atoms with Crippen LogP contribution in [0.5, 0.6) is 5.75 Å². The first-order valence-corrected chi connectivity index (χ1v) is 13.9. The van der Waals surface area contributed by atoms with Gasteiger partial charge in [0.1, 0.15) is 35.1 Å². The number of amides is 1. The van der Waals surface area contributed by atoms with E-state index in [4.69, 9.17) is 15.6 Å². The first kappa shape index (κ1) is 26.4. The number of hydrogen-bond donors (Lipinski definition) is 3. The molecular formula is C31H30N10O2. The van der Waals surface area contributed by atoms with Gasteiger partial charge in [0.15, 0.2) is 5.65 Å². The number of nitrogens with one attached hydrogen (secondary N) is 2. The number of nitrogens with zero attached hydrogens (tertiary/aromatic N) is 7. The third kappa shape index (κ3) is 4.87. The number of benzene rings is 2. The summed E-state index contributed by atoms with van der Waals surface area (Å²) in [6.07, 6.45) is 3.22. The Morgan fingerprint density at radius 1 is 1.00 bits per heavy atom. The smallest absolute Gasteiger partial charge is 0.272 e. The molecule has 6 aromatic rings. The largest absolute Gasteiger partial charge is 0.495 e. The minimum Gasteiger partial charge on any atom is -0.495 e. The number of pyridine rings is 1. The zero-order valence-corrected chi connectivity index (χ0v) is 23.8. The van der Waals surface area contributed by atoms with Crippen LogP contribution in [0.3, 0.4) is 0 Å². The van der Waals surface area contributed by atoms with Crippen LogP contribution in [0.4, 0.5) is 17.3 Å². The van der Waals surface area contributed by atoms with Gasteiger partial charge in [0.2, 0.25) is 0 Å². The molecule has 12 heteroatoms. The van der Waals surface area contributed by atoms with Crippen LogP contribution < -0.4 is 20.7 Å². The standard InChI is InChI=1S/C31H30N10O2/c1-39-11-13-40(14-12-39)26-17-21(9-10-33-26)41-30-27(29(32)34-18-35-30)28(38-41)20-7-8-23(25(16-20)43-2)37-31(42)24-15-19-5-3-4-6-22(19)36-24/h3-10,15-18,36H,11-14H2,1-2H3,(H,37,42)(H2,32,34,35). The molecule has 1 saturated heterocycles. The summed E-state index contributed by atoms with van der Waals surface area (Å²) < 4.78 is 7.45. The quantitative estimate of drug-likeness (QED) is 0.269. The van der Waals surface area contributed by atoms with Crippen LogP contribution in [0.25, 0.3) is 38.9 Å². The van der Waals surface area contributed by atoms with Gasteiger partial charge in [-0.15, -0.1) is 0 Å². The number of rotatable bonds is 6. The van der Waals surface area contributed by atoms with Crippen LogP contribution in [0, 0.1) is 0 Å². The molecule has 4 N–H and O–H groups in total. The highest BCUT2D eigenvalue weighted by atomic mass is 16.5. The Bertz CT molecular complexity index is 1940. The molecule has 12 nitrogen and oxygen atoms in total. The number of likely N-dealkylation sites (N-methyl/N-ethyl adjacent to an activating group) is 1. The van der Waals surface area contributed by atoms with Crippen LogP contribution in [0.2, 0.25) is 0 Å². The Kier molecular flexibility index (Phi) is 6.59. The third-order valence-electron chi connectivity index (χ3n) is 7.79. The van der Waals surface area contributed by atoms with Gasteiger partial charge in [0.25, 0.3) is 5.91 Å². The lowest BCUT2D eigenvalue weighted by molar-refractivity contribution is 0.102. The lowest BCUT2D eigenvalue weighted by Gasteiger charge is -2.33. The molecule has 216 valence electrons. The number of aromatic amines is 1. The van der Waals surface area contributed by atoms with Crippen molar-refractivity contribution in [2.45, 2.75) is 0 Å². The van der Waals surface area contributed by atoms with Crippen LogP contribution >= 0.6 is 0 Å². The fourth-order valence-electron chi connectivity index (χ4n) is 5.43. The van der Waals surface area contributed by atoms with Crippen LogP contribution in [-0.2, 0) is 0 Å². The van der Waals surface area contributed by atoms with E-state index in [1.165, 1.54) is 6.33 Å². The lowest BCUT2D eigenvalue weighted by Crippen LogP contribution is -2.44. The van der Waals surface area contributed by atoms with Gasteiger partial charge in [0.05, 0.1) is 23.9 Å². The molecule has 0 saturated carbocycles. The van der Waals surface area contributed by atoms with Crippen molar-refractivity contribution in [3.8, 4) is 22.7 Å². The van der Waals surface area contributed by atoms with Crippen molar-refractivity contribution >= 4 is 45.2 Å². The molecule has 1 aliphatic heterocycles. The van der Waals surface area contributed by atoms with Gasteiger partial charge in [-0.05, 0) is 37.4 Å². The van der Waals surface area contributed by atoms with Gasteiger partial charge in [-0.25, -0.2) is 19.6 Å². The number of para-hydroxylation sites is 1. The number of carbonyl (C=O) groups excluding carboxylic acids is 1. The van der Waals surface area contributed by atoms with Crippen LogP contribution in [0.15, 0.2) is 73.2 Å². The van der Waals surface area contributed by atoms with Crippen molar-refractivity contribution in [1.29, 1.82) is 0 Å². The van der Waals surface area contributed by atoms with Gasteiger partial charge in [0, 0.05) is 54.9 Å². The van der Waals surface area contributed by atoms with Gasteiger partial charge in [-0.2, -0.15) is 5.10 Å². The fourth-order valence-corrected chi connectivity index (χ4v) is 5.43. The highest BCUT2D eigenvalue weighted by Gasteiger charge is 2.22. The number of piperazine rings is 1. The SMILES string of the molecule is COc1cc(-c2nn(-c3ccnc(N4CCN(C)CC4)c3)c3ncnc(N)c23)ccc1NC(=O)c1cc2ccccc2[nH]1. The highest BCUT2D eigenvalue weighted by Crippen LogP contribution is 2.36. The first-order chi connectivity index (χ1) is 21.0. The van der Waals surface area contributed by atoms with Gasteiger partial charge >= 0.3 is 0 Å². The van der Waals surface area contributed by atoms with Crippen LogP contribution in [0.1, 0.15) is 10.5 Å². The molecule has 4 aromatic heterocycles. The summed E-state index contributed by atoms with van der Waals surface area (Å²) >= 11 is 0. The van der Waals surface area contributed by atoms with E-state index in [1.807, 2.05) is 54.6 Å². The predicted molar refractivity (Wildman–Crippen MR) is 167 cm³/mol. The van der Waals surface area contributed by atoms with E-state index in [9.17, 15) is 4.79 Å². The molecule has 1 amide bonds. The summed E-state index contributed by atoms with van der Waals surface area (Å²) in [5, 5.41) is 9.49. The topological polar surface area (TPSA) is 143 Å². The molecule has 0 aliphatic carbocycles. The summed E-state index contributed by atoms with van der Waals surface area (Å²) in [7, 11) is 3.68. The molecule has 0 unspecified atom stereocenters. The van der Waals surface area contributed by atoms with E-state index in [-0.39, 0.29) is 5.91 Å². The molecular weight excluding hydrogens is 544 g/mol. The second-order valence-corrected chi connectivity index (χ2v) is 10.5. The summed E-state index contributed by atoms with van der Waals surface area (Å²) in [5.74, 6) is 1.40. The van der Waals surface area contributed by atoms with Crippen molar-refractivity contribution in [3.63, 3.8) is 0 Å². The number of carbonyl (C=O) groups is 1. The highest BCUT2D eigenvalue weighted by molar-refractivity contribution is 6.07. The van der Waals surface area contributed by atoms with E-state index in [0.717, 1.165) is 54.2 Å². The average molecular weight is 575 g/mol.